The van der Waals surface area contributed by atoms with Crippen molar-refractivity contribution < 1.29 is 19.5 Å². The van der Waals surface area contributed by atoms with Gasteiger partial charge in [0.15, 0.2) is 0 Å². The summed E-state index contributed by atoms with van der Waals surface area (Å²) in [5.74, 6) is -0.869. The summed E-state index contributed by atoms with van der Waals surface area (Å²) in [7, 11) is 0. The van der Waals surface area contributed by atoms with E-state index < -0.39 is 17.1 Å². The molecular formula is C20H18N2O4S. The van der Waals surface area contributed by atoms with Crippen LogP contribution < -0.4 is 5.32 Å². The van der Waals surface area contributed by atoms with Gasteiger partial charge in [0.1, 0.15) is 12.3 Å². The van der Waals surface area contributed by atoms with E-state index in [4.69, 9.17) is 0 Å². The molecule has 138 valence electrons. The van der Waals surface area contributed by atoms with Crippen LogP contribution in [0.3, 0.4) is 0 Å². The molecule has 6 nitrogen and oxygen atoms in total. The molecule has 2 aromatic carbocycles. The smallest absolute Gasteiger partial charge is 0.294 e. The van der Waals surface area contributed by atoms with E-state index in [9.17, 15) is 19.5 Å². The van der Waals surface area contributed by atoms with Crippen LogP contribution in [-0.4, -0.2) is 33.6 Å². The van der Waals surface area contributed by atoms with E-state index in [1.807, 2.05) is 31.2 Å². The first-order valence-electron chi connectivity index (χ1n) is 8.25. The van der Waals surface area contributed by atoms with E-state index in [1.54, 1.807) is 19.1 Å². The molecule has 2 N–H and O–H groups in total. The highest BCUT2D eigenvalue weighted by molar-refractivity contribution is 8.18. The van der Waals surface area contributed by atoms with Gasteiger partial charge in [-0.05, 0) is 66.6 Å². The second-order valence-electron chi connectivity index (χ2n) is 6.17. The van der Waals surface area contributed by atoms with E-state index in [-0.39, 0.29) is 12.3 Å². The first-order chi connectivity index (χ1) is 12.8. The molecule has 1 aliphatic heterocycles. The minimum Gasteiger partial charge on any atom is -0.508 e. The van der Waals surface area contributed by atoms with Crippen LogP contribution >= 0.6 is 11.8 Å². The number of nitrogens with one attached hydrogen (secondary N) is 1. The molecule has 0 saturated carbocycles. The number of benzene rings is 2. The number of aryl methyl sites for hydroxylation is 2. The van der Waals surface area contributed by atoms with Gasteiger partial charge in [0.05, 0.1) is 4.91 Å². The van der Waals surface area contributed by atoms with Crippen LogP contribution in [0.25, 0.3) is 6.08 Å². The normalized spacial score (nSPS) is 15.5. The lowest BCUT2D eigenvalue weighted by atomic mass is 10.1. The topological polar surface area (TPSA) is 86.7 Å². The summed E-state index contributed by atoms with van der Waals surface area (Å²) in [5.41, 5.74) is 3.04. The third-order valence-electron chi connectivity index (χ3n) is 4.13. The Morgan fingerprint density at radius 3 is 2.59 bits per heavy atom. The quantitative estimate of drug-likeness (QED) is 0.622. The van der Waals surface area contributed by atoms with Gasteiger partial charge in [-0.1, -0.05) is 24.3 Å². The summed E-state index contributed by atoms with van der Waals surface area (Å²) in [6, 6.07) is 12.1. The molecule has 0 radical (unpaired) electrons. The predicted molar refractivity (Wildman–Crippen MR) is 105 cm³/mol. The van der Waals surface area contributed by atoms with Gasteiger partial charge in [-0.3, -0.25) is 19.3 Å². The maximum Gasteiger partial charge on any atom is 0.294 e. The van der Waals surface area contributed by atoms with Gasteiger partial charge in [-0.15, -0.1) is 0 Å². The Hall–Kier alpha value is -3.06. The largest absolute Gasteiger partial charge is 0.508 e. The molecule has 3 amide bonds. The van der Waals surface area contributed by atoms with Crippen molar-refractivity contribution >= 4 is 40.6 Å². The van der Waals surface area contributed by atoms with Gasteiger partial charge >= 0.3 is 0 Å². The number of imide groups is 1. The summed E-state index contributed by atoms with van der Waals surface area (Å²) in [4.78, 5) is 38.2. The first-order valence-corrected chi connectivity index (χ1v) is 9.07. The SMILES string of the molecule is Cc1ccccc1/C=C1\SC(=O)N(CC(=O)Nc2ccc(O)cc2C)C1=O. The maximum absolute atomic E-state index is 12.5. The van der Waals surface area contributed by atoms with Crippen molar-refractivity contribution in [2.75, 3.05) is 11.9 Å². The number of rotatable bonds is 4. The fraction of sp³-hybridized carbons (Fsp3) is 0.150. The molecule has 3 rings (SSSR count). The third kappa shape index (κ3) is 4.20. The van der Waals surface area contributed by atoms with Crippen LogP contribution in [0.2, 0.25) is 0 Å². The molecule has 0 aromatic heterocycles. The van der Waals surface area contributed by atoms with Gasteiger partial charge in [0.2, 0.25) is 5.91 Å². The van der Waals surface area contributed by atoms with E-state index in [0.717, 1.165) is 27.8 Å². The maximum atomic E-state index is 12.5. The minimum atomic E-state index is -0.483. The highest BCUT2D eigenvalue weighted by Gasteiger charge is 2.36. The van der Waals surface area contributed by atoms with Crippen LogP contribution in [0, 0.1) is 13.8 Å². The molecule has 0 bridgehead atoms. The summed E-state index contributed by atoms with van der Waals surface area (Å²) >= 11 is 0.824. The van der Waals surface area contributed by atoms with Gasteiger partial charge in [0, 0.05) is 5.69 Å². The number of phenols is 1. The first kappa shape index (κ1) is 18.7. The number of carbonyl (C=O) groups is 3. The van der Waals surface area contributed by atoms with Crippen LogP contribution in [0.1, 0.15) is 16.7 Å². The predicted octanol–water partition coefficient (Wildman–Crippen LogP) is 3.68. The molecule has 0 aliphatic carbocycles. The number of anilines is 1. The molecule has 0 unspecified atom stereocenters. The van der Waals surface area contributed by atoms with Crippen molar-refractivity contribution in [1.82, 2.24) is 4.90 Å². The number of nitrogens with zero attached hydrogens (tertiary/aromatic N) is 1. The molecule has 1 aliphatic rings. The monoisotopic (exact) mass is 382 g/mol. The molecular weight excluding hydrogens is 364 g/mol. The average Bonchev–Trinajstić information content (AvgIpc) is 2.87. The lowest BCUT2D eigenvalue weighted by Gasteiger charge is -2.13. The standard InChI is InChI=1S/C20H18N2O4S/c1-12-5-3-4-6-14(12)10-17-19(25)22(20(26)27-17)11-18(24)21-16-8-7-15(23)9-13(16)2/h3-10,23H,11H2,1-2H3,(H,21,24)/b17-10-. The zero-order valence-electron chi connectivity index (χ0n) is 14.9. The van der Waals surface area contributed by atoms with Crippen molar-refractivity contribution in [3.8, 4) is 5.75 Å². The number of aromatic hydroxyl groups is 1. The number of hydrogen-bond donors (Lipinski definition) is 2. The Bertz CT molecular complexity index is 968. The van der Waals surface area contributed by atoms with Crippen molar-refractivity contribution in [1.29, 1.82) is 0 Å². The van der Waals surface area contributed by atoms with Crippen LogP contribution in [0.15, 0.2) is 47.4 Å². The molecule has 1 fully saturated rings. The molecule has 1 saturated heterocycles. The minimum absolute atomic E-state index is 0.0952. The lowest BCUT2D eigenvalue weighted by molar-refractivity contribution is -0.127. The van der Waals surface area contributed by atoms with Gasteiger partial charge in [-0.2, -0.15) is 0 Å². The number of amides is 3. The van der Waals surface area contributed by atoms with Crippen molar-refractivity contribution in [2.45, 2.75) is 13.8 Å². The second-order valence-corrected chi connectivity index (χ2v) is 7.17. The number of thioether (sulfide) groups is 1. The van der Waals surface area contributed by atoms with Crippen molar-refractivity contribution in [3.63, 3.8) is 0 Å². The van der Waals surface area contributed by atoms with Crippen LogP contribution in [0.5, 0.6) is 5.75 Å². The lowest BCUT2D eigenvalue weighted by Crippen LogP contribution is -2.36. The number of phenolic OH excluding ortho intramolecular Hbond substituents is 1. The van der Waals surface area contributed by atoms with Crippen LogP contribution in [0.4, 0.5) is 10.5 Å². The molecule has 27 heavy (non-hydrogen) atoms. The van der Waals surface area contributed by atoms with E-state index >= 15 is 0 Å². The summed E-state index contributed by atoms with van der Waals surface area (Å²) in [6.45, 7) is 3.29. The van der Waals surface area contributed by atoms with E-state index in [2.05, 4.69) is 5.32 Å². The second kappa shape index (κ2) is 7.67. The third-order valence-corrected chi connectivity index (χ3v) is 5.04. The van der Waals surface area contributed by atoms with E-state index in [1.165, 1.54) is 12.1 Å². The fourth-order valence-electron chi connectivity index (χ4n) is 2.65. The Labute approximate surface area is 160 Å². The molecule has 0 atom stereocenters. The van der Waals surface area contributed by atoms with E-state index in [0.29, 0.717) is 16.2 Å². The van der Waals surface area contributed by atoms with Gasteiger partial charge in [0.25, 0.3) is 11.1 Å². The number of carbonyl (C=O) groups excluding carboxylic acids is 3. The zero-order valence-corrected chi connectivity index (χ0v) is 15.7. The molecule has 2 aromatic rings. The van der Waals surface area contributed by atoms with Crippen molar-refractivity contribution in [2.24, 2.45) is 0 Å². The Kier molecular flexibility index (Phi) is 5.32. The zero-order chi connectivity index (χ0) is 19.6. The molecule has 7 heteroatoms. The summed E-state index contributed by atoms with van der Waals surface area (Å²) in [6.07, 6.45) is 1.67. The molecule has 1 heterocycles. The summed E-state index contributed by atoms with van der Waals surface area (Å²) in [5, 5.41) is 11.6. The Morgan fingerprint density at radius 2 is 1.89 bits per heavy atom. The number of hydrogen-bond acceptors (Lipinski definition) is 5. The summed E-state index contributed by atoms with van der Waals surface area (Å²) < 4.78 is 0. The highest BCUT2D eigenvalue weighted by atomic mass is 32.2. The van der Waals surface area contributed by atoms with Gasteiger partial charge < -0.3 is 10.4 Å². The Morgan fingerprint density at radius 1 is 1.15 bits per heavy atom. The highest BCUT2D eigenvalue weighted by Crippen LogP contribution is 2.32. The fourth-order valence-corrected chi connectivity index (χ4v) is 3.48. The Balaban J connectivity index is 1.72. The molecule has 0 spiro atoms. The van der Waals surface area contributed by atoms with Gasteiger partial charge in [-0.25, -0.2) is 0 Å². The average molecular weight is 382 g/mol. The van der Waals surface area contributed by atoms with Crippen molar-refractivity contribution in [3.05, 3.63) is 64.1 Å². The van der Waals surface area contributed by atoms with Crippen LogP contribution in [-0.2, 0) is 9.59 Å².